The Labute approximate surface area is 859 Å². The summed E-state index contributed by atoms with van der Waals surface area (Å²) in [6.45, 7) is 0. The molecule has 30 rings (SSSR count). The van der Waals surface area contributed by atoms with Gasteiger partial charge in [0.2, 0.25) is 0 Å². The van der Waals surface area contributed by atoms with Crippen LogP contribution in [0.25, 0.3) is 267 Å². The number of hydrogen-bond donors (Lipinski definition) is 0. The molecule has 18 nitrogen and oxygen atoms in total. The van der Waals surface area contributed by atoms with Gasteiger partial charge in [0, 0.05) is 172 Å². The highest BCUT2D eigenvalue weighted by Gasteiger charge is 2.24. The van der Waals surface area contributed by atoms with Gasteiger partial charge in [0.15, 0.2) is 0 Å². The van der Waals surface area contributed by atoms with Crippen LogP contribution >= 0.6 is 0 Å². The fourth-order valence-electron chi connectivity index (χ4n) is 21.6. The van der Waals surface area contributed by atoms with Crippen molar-refractivity contribution in [3.8, 4) is 136 Å². The van der Waals surface area contributed by atoms with E-state index in [0.29, 0.717) is 0 Å². The monoisotopic (exact) mass is 1920 g/mol. The summed E-state index contributed by atoms with van der Waals surface area (Å²) < 4.78 is 13.6. The first-order valence-electron chi connectivity index (χ1n) is 49.9. The SMILES string of the molecule is c1cc(-c2ccc(-c3ccc(-c4cccc(-n5c6ccccc6c6cccnc65)c4)cn3)nc2)cc(-n2c3ccccc3c3cccnc32)c1.c1cc(-c2cccc(-c3cccc(-c4cccc(-n5c6ccccc6c6ncccc65)c4)n3)n2)cc(-n2c3ccccc3c3cnccc32)c1.c1cc(-c2cccc(-c3cccc(-c4cccc(-n5c6ccccc6c6ncccc65)c4)n3)n2)cc(-n2c3ccccc3c3ncccc32)c1. The van der Waals surface area contributed by atoms with E-state index in [2.05, 4.69) is 421 Å². The van der Waals surface area contributed by atoms with E-state index in [0.717, 1.165) is 251 Å². The molecule has 0 atom stereocenters. The molecule has 150 heavy (non-hydrogen) atoms. The summed E-state index contributed by atoms with van der Waals surface area (Å²) >= 11 is 0. The number of rotatable bonds is 15. The van der Waals surface area contributed by atoms with Gasteiger partial charge in [0.1, 0.15) is 11.3 Å². The molecular formula is C132H84N18. The van der Waals surface area contributed by atoms with Crippen LogP contribution in [0.1, 0.15) is 0 Å². The van der Waals surface area contributed by atoms with Crippen molar-refractivity contribution in [2.45, 2.75) is 0 Å². The second-order valence-electron chi connectivity index (χ2n) is 37.2. The molecule has 702 valence electrons. The highest BCUT2D eigenvalue weighted by molar-refractivity contribution is 6.13. The lowest BCUT2D eigenvalue weighted by Gasteiger charge is -2.11. The van der Waals surface area contributed by atoms with Crippen molar-refractivity contribution in [3.63, 3.8) is 0 Å². The van der Waals surface area contributed by atoms with Crippen LogP contribution in [0.5, 0.6) is 0 Å². The zero-order chi connectivity index (χ0) is 99.1. The molecule has 0 aliphatic rings. The van der Waals surface area contributed by atoms with Gasteiger partial charge in [-0.3, -0.25) is 39.0 Å². The normalized spacial score (nSPS) is 11.6. The molecule has 0 unspecified atom stereocenters. The second kappa shape index (κ2) is 36.9. The van der Waals surface area contributed by atoms with Crippen LogP contribution in [0.4, 0.5) is 0 Å². The van der Waals surface area contributed by atoms with E-state index in [1.165, 1.54) is 16.2 Å². The topological polar surface area (TPSA) is 184 Å². The van der Waals surface area contributed by atoms with Crippen LogP contribution in [0.15, 0.2) is 511 Å². The Bertz CT molecular complexity index is 9240. The molecule has 18 aromatic heterocycles. The molecule has 18 heteroatoms. The van der Waals surface area contributed by atoms with Crippen molar-refractivity contribution >= 4 is 131 Å². The van der Waals surface area contributed by atoms with Gasteiger partial charge in [-0.15, -0.1) is 0 Å². The maximum Gasteiger partial charge on any atom is 0.145 e. The second-order valence-corrected chi connectivity index (χ2v) is 37.2. The average Bonchev–Trinajstić information content (AvgIpc) is 1.62. The fraction of sp³-hybridized carbons (Fsp3) is 0. The molecule has 0 radical (unpaired) electrons. The summed E-state index contributed by atoms with van der Waals surface area (Å²) in [6.07, 6.45) is 16.9. The van der Waals surface area contributed by atoms with Gasteiger partial charge >= 0.3 is 0 Å². The van der Waals surface area contributed by atoms with Gasteiger partial charge in [-0.25, -0.2) is 29.9 Å². The Balaban J connectivity index is 0.000000108. The Morgan fingerprint density at radius 3 is 0.733 bits per heavy atom. The molecule has 0 spiro atoms. The first kappa shape index (κ1) is 87.1. The van der Waals surface area contributed by atoms with E-state index in [1.807, 2.05) is 123 Å². The zero-order valence-corrected chi connectivity index (χ0v) is 80.5. The lowest BCUT2D eigenvalue weighted by atomic mass is 10.0. The summed E-state index contributed by atoms with van der Waals surface area (Å²) in [5, 5.41) is 10.4. The molecule has 0 fully saturated rings. The van der Waals surface area contributed by atoms with Crippen molar-refractivity contribution in [3.05, 3.63) is 511 Å². The molecular weight excluding hydrogens is 1840 g/mol. The standard InChI is InChI=1S/3C44H28N6/c1-3-21-39-33(15-1)43-41(23-9-25-45-43)49(39)31-13-5-11-29(27-31)35-17-7-19-37(47-35)38-20-8-18-36(48-38)30-12-6-14-32(28-30)50-40-22-4-2-16-34(40)44-42(50)24-10-26-46-44;1-3-20-40-33(14-1)35-28-45-25-23-42(35)49(40)31-12-5-10-29(26-31)36-16-7-18-38(47-36)39-19-8-17-37(48-39)30-11-6-13-32(27-30)50-41-21-4-2-15-34(41)44-43(50)22-9-24-46-44;1-3-17-41-35(13-1)37-15-7-23-45-43(37)49(41)33-11-5-9-29(25-33)31-19-21-39(47-27-31)40-22-20-32(28-48-40)30-10-6-12-34(26-30)50-42-18-4-2-14-36(42)38-16-8-24-46-44(38)50/h3*1-28H. The minimum Gasteiger partial charge on any atom is -0.309 e. The van der Waals surface area contributed by atoms with Crippen LogP contribution in [0.3, 0.4) is 0 Å². The van der Waals surface area contributed by atoms with Crippen molar-refractivity contribution in [2.24, 2.45) is 0 Å². The minimum atomic E-state index is 0.820. The number of hydrogen-bond acceptors (Lipinski definition) is 12. The zero-order valence-electron chi connectivity index (χ0n) is 80.5. The summed E-state index contributed by atoms with van der Waals surface area (Å²) in [6, 6.07) is 158. The Hall–Kier alpha value is -20.8. The quantitative estimate of drug-likeness (QED) is 0.0947. The molecule has 0 aliphatic heterocycles. The Morgan fingerprint density at radius 1 is 0.133 bits per heavy atom. The third kappa shape index (κ3) is 15.4. The summed E-state index contributed by atoms with van der Waals surface area (Å²) in [7, 11) is 0. The largest absolute Gasteiger partial charge is 0.309 e. The van der Waals surface area contributed by atoms with Crippen molar-refractivity contribution < 1.29 is 0 Å². The lowest BCUT2D eigenvalue weighted by Crippen LogP contribution is -1.96. The molecule has 0 bridgehead atoms. The molecule has 12 aromatic carbocycles. The van der Waals surface area contributed by atoms with Crippen LogP contribution in [0, 0.1) is 0 Å². The van der Waals surface area contributed by atoms with Gasteiger partial charge < -0.3 is 18.3 Å². The number of fused-ring (bicyclic) bond motifs is 18. The Kier molecular flexibility index (Phi) is 21.4. The first-order chi connectivity index (χ1) is 74.4. The average molecular weight is 1920 g/mol. The third-order valence-electron chi connectivity index (χ3n) is 28.4. The van der Waals surface area contributed by atoms with Crippen molar-refractivity contribution in [1.29, 1.82) is 0 Å². The third-order valence-corrected chi connectivity index (χ3v) is 28.4. The molecule has 0 saturated heterocycles. The first-order valence-corrected chi connectivity index (χ1v) is 49.9. The lowest BCUT2D eigenvalue weighted by molar-refractivity contribution is 1.14. The number of aromatic nitrogens is 18. The maximum absolute atomic E-state index is 5.13. The molecule has 0 aliphatic carbocycles. The minimum absolute atomic E-state index is 0.820. The predicted octanol–water partition coefficient (Wildman–Crippen LogP) is 31.4. The molecule has 30 aromatic rings. The van der Waals surface area contributed by atoms with Gasteiger partial charge in [0.25, 0.3) is 0 Å². The van der Waals surface area contributed by atoms with E-state index in [-0.39, 0.29) is 0 Å². The van der Waals surface area contributed by atoms with Crippen LogP contribution < -0.4 is 0 Å². The predicted molar refractivity (Wildman–Crippen MR) is 608 cm³/mol. The van der Waals surface area contributed by atoms with Gasteiger partial charge in [0.05, 0.1) is 129 Å². The van der Waals surface area contributed by atoms with E-state index in [9.17, 15) is 0 Å². The number of nitrogens with zero attached hydrogens (tertiary/aromatic N) is 18. The van der Waals surface area contributed by atoms with Gasteiger partial charge in [-0.2, -0.15) is 0 Å². The fourth-order valence-corrected chi connectivity index (χ4v) is 21.6. The highest BCUT2D eigenvalue weighted by atomic mass is 15.1. The van der Waals surface area contributed by atoms with Crippen LogP contribution in [0.2, 0.25) is 0 Å². The highest BCUT2D eigenvalue weighted by Crippen LogP contribution is 2.43. The number of pyridine rings is 12. The van der Waals surface area contributed by atoms with Crippen LogP contribution in [-0.2, 0) is 0 Å². The van der Waals surface area contributed by atoms with Gasteiger partial charge in [-0.1, -0.05) is 218 Å². The summed E-state index contributed by atoms with van der Waals surface area (Å²) in [5.41, 5.74) is 39.3. The molecule has 0 amide bonds. The van der Waals surface area contributed by atoms with Crippen LogP contribution in [-0.4, -0.2) is 87.2 Å². The van der Waals surface area contributed by atoms with E-state index in [1.54, 1.807) is 0 Å². The number of para-hydroxylation sites is 6. The molecule has 18 heterocycles. The summed E-state index contributed by atoms with van der Waals surface area (Å²) in [4.78, 5) is 58.2. The van der Waals surface area contributed by atoms with Crippen molar-refractivity contribution in [1.82, 2.24) is 87.2 Å². The van der Waals surface area contributed by atoms with Gasteiger partial charge in [-0.05, 0) is 248 Å². The maximum atomic E-state index is 5.13. The smallest absolute Gasteiger partial charge is 0.145 e. The van der Waals surface area contributed by atoms with Crippen molar-refractivity contribution in [2.75, 3.05) is 0 Å². The summed E-state index contributed by atoms with van der Waals surface area (Å²) in [5.74, 6) is 0. The molecule has 0 N–H and O–H groups in total. The van der Waals surface area contributed by atoms with E-state index in [4.69, 9.17) is 54.8 Å². The Morgan fingerprint density at radius 2 is 0.387 bits per heavy atom. The molecule has 0 saturated carbocycles. The van der Waals surface area contributed by atoms with E-state index < -0.39 is 0 Å². The van der Waals surface area contributed by atoms with E-state index >= 15 is 0 Å². The number of benzene rings is 12.